The SMILES string of the molecule is Cc1ccc(SNC(C)C2C/C=C\CC(C)CC2)cc1. The Morgan fingerprint density at radius 1 is 1.10 bits per heavy atom. The van der Waals surface area contributed by atoms with Crippen LogP contribution < -0.4 is 4.72 Å². The highest BCUT2D eigenvalue weighted by atomic mass is 32.2. The van der Waals surface area contributed by atoms with Gasteiger partial charge in [0.1, 0.15) is 0 Å². The molecule has 1 aromatic carbocycles. The summed E-state index contributed by atoms with van der Waals surface area (Å²) in [5.41, 5.74) is 1.32. The molecule has 0 aromatic heterocycles. The van der Waals surface area contributed by atoms with Gasteiger partial charge < -0.3 is 0 Å². The Hall–Kier alpha value is -0.730. The summed E-state index contributed by atoms with van der Waals surface area (Å²) in [4.78, 5) is 1.30. The Labute approximate surface area is 128 Å². The molecule has 20 heavy (non-hydrogen) atoms. The number of benzene rings is 1. The van der Waals surface area contributed by atoms with E-state index in [1.807, 2.05) is 0 Å². The molecule has 2 rings (SSSR count). The van der Waals surface area contributed by atoms with Gasteiger partial charge in [-0.05, 0) is 69.0 Å². The highest BCUT2D eigenvalue weighted by Crippen LogP contribution is 2.26. The van der Waals surface area contributed by atoms with Gasteiger partial charge in [0.15, 0.2) is 0 Å². The molecule has 2 heteroatoms. The van der Waals surface area contributed by atoms with Crippen LogP contribution in [-0.2, 0) is 0 Å². The fraction of sp³-hybridized carbons (Fsp3) is 0.556. The van der Waals surface area contributed by atoms with Crippen molar-refractivity contribution in [1.29, 1.82) is 0 Å². The number of rotatable bonds is 4. The summed E-state index contributed by atoms with van der Waals surface area (Å²) in [6, 6.07) is 9.29. The zero-order valence-electron chi connectivity index (χ0n) is 12.9. The van der Waals surface area contributed by atoms with Crippen molar-refractivity contribution < 1.29 is 0 Å². The largest absolute Gasteiger partial charge is 0.257 e. The van der Waals surface area contributed by atoms with Crippen molar-refractivity contribution in [2.75, 3.05) is 0 Å². The van der Waals surface area contributed by atoms with Crippen LogP contribution in [0.1, 0.15) is 45.1 Å². The van der Waals surface area contributed by atoms with E-state index in [0.29, 0.717) is 6.04 Å². The van der Waals surface area contributed by atoms with E-state index in [9.17, 15) is 0 Å². The van der Waals surface area contributed by atoms with Gasteiger partial charge >= 0.3 is 0 Å². The van der Waals surface area contributed by atoms with Crippen molar-refractivity contribution in [2.45, 2.75) is 57.4 Å². The van der Waals surface area contributed by atoms with E-state index in [-0.39, 0.29) is 0 Å². The van der Waals surface area contributed by atoms with Gasteiger partial charge in [-0.2, -0.15) is 0 Å². The Morgan fingerprint density at radius 3 is 2.55 bits per heavy atom. The summed E-state index contributed by atoms with van der Waals surface area (Å²) in [5, 5.41) is 0. The van der Waals surface area contributed by atoms with E-state index in [1.54, 1.807) is 11.9 Å². The zero-order chi connectivity index (χ0) is 14.4. The number of nitrogens with one attached hydrogen (secondary N) is 1. The number of hydrogen-bond acceptors (Lipinski definition) is 2. The van der Waals surface area contributed by atoms with Crippen LogP contribution >= 0.6 is 11.9 Å². The van der Waals surface area contributed by atoms with Gasteiger partial charge in [0.25, 0.3) is 0 Å². The maximum absolute atomic E-state index is 3.63. The number of aryl methyl sites for hydroxylation is 1. The first-order chi connectivity index (χ1) is 9.65. The molecule has 0 saturated carbocycles. The molecule has 3 unspecified atom stereocenters. The first-order valence-corrected chi connectivity index (χ1v) is 8.61. The van der Waals surface area contributed by atoms with E-state index < -0.39 is 0 Å². The van der Waals surface area contributed by atoms with Gasteiger partial charge in [-0.25, -0.2) is 0 Å². The fourth-order valence-electron chi connectivity index (χ4n) is 2.65. The van der Waals surface area contributed by atoms with E-state index in [0.717, 1.165) is 11.8 Å². The standard InChI is InChI=1S/C18H27NS/c1-14-6-4-5-7-17(11-8-14)16(3)19-20-18-12-9-15(2)10-13-18/h4-5,9-10,12-14,16-17,19H,6-8,11H2,1-3H3/b5-4-. The van der Waals surface area contributed by atoms with Crippen molar-refractivity contribution in [1.82, 2.24) is 4.72 Å². The molecular formula is C18H27NS. The molecule has 1 aromatic rings. The van der Waals surface area contributed by atoms with E-state index in [4.69, 9.17) is 0 Å². The molecule has 0 aliphatic heterocycles. The molecule has 3 atom stereocenters. The van der Waals surface area contributed by atoms with E-state index in [1.165, 1.54) is 36.1 Å². The molecule has 0 fully saturated rings. The summed E-state index contributed by atoms with van der Waals surface area (Å²) in [5.74, 6) is 1.60. The molecule has 0 heterocycles. The first kappa shape index (κ1) is 15.7. The molecule has 0 saturated heterocycles. The average Bonchev–Trinajstić information content (AvgIpc) is 2.42. The molecule has 0 radical (unpaired) electrons. The lowest BCUT2D eigenvalue weighted by Gasteiger charge is -2.26. The second kappa shape index (κ2) is 7.90. The lowest BCUT2D eigenvalue weighted by atomic mass is 9.86. The lowest BCUT2D eigenvalue weighted by Crippen LogP contribution is -2.29. The molecule has 0 spiro atoms. The van der Waals surface area contributed by atoms with Crippen molar-refractivity contribution in [3.05, 3.63) is 42.0 Å². The molecule has 1 N–H and O–H groups in total. The van der Waals surface area contributed by atoms with Crippen molar-refractivity contribution in [3.63, 3.8) is 0 Å². The number of allylic oxidation sites excluding steroid dienone is 2. The molecule has 1 aliphatic rings. The van der Waals surface area contributed by atoms with Gasteiger partial charge in [-0.1, -0.05) is 43.2 Å². The minimum absolute atomic E-state index is 0.552. The minimum atomic E-state index is 0.552. The third kappa shape index (κ3) is 4.99. The quantitative estimate of drug-likeness (QED) is 0.591. The predicted octanol–water partition coefficient (Wildman–Crippen LogP) is 5.36. The first-order valence-electron chi connectivity index (χ1n) is 7.79. The molecule has 1 aliphatic carbocycles. The molecule has 0 amide bonds. The van der Waals surface area contributed by atoms with Crippen molar-refractivity contribution in [2.24, 2.45) is 11.8 Å². The van der Waals surface area contributed by atoms with Gasteiger partial charge in [0.05, 0.1) is 0 Å². The van der Waals surface area contributed by atoms with Crippen LogP contribution in [0.5, 0.6) is 0 Å². The molecule has 0 bridgehead atoms. The summed E-state index contributed by atoms with van der Waals surface area (Å²) in [6.45, 7) is 6.82. The highest BCUT2D eigenvalue weighted by Gasteiger charge is 2.18. The summed E-state index contributed by atoms with van der Waals surface area (Å²) in [6.07, 6.45) is 9.93. The predicted molar refractivity (Wildman–Crippen MR) is 89.9 cm³/mol. The average molecular weight is 289 g/mol. The third-order valence-corrected chi connectivity index (χ3v) is 5.26. The Morgan fingerprint density at radius 2 is 1.80 bits per heavy atom. The summed E-state index contributed by atoms with van der Waals surface area (Å²) >= 11 is 1.77. The Balaban J connectivity index is 1.84. The van der Waals surface area contributed by atoms with Gasteiger partial charge in [0, 0.05) is 10.9 Å². The Kier molecular flexibility index (Phi) is 6.18. The topological polar surface area (TPSA) is 12.0 Å². The second-order valence-electron chi connectivity index (χ2n) is 6.21. The van der Waals surface area contributed by atoms with Crippen LogP contribution in [0.15, 0.2) is 41.3 Å². The van der Waals surface area contributed by atoms with E-state index >= 15 is 0 Å². The monoisotopic (exact) mass is 289 g/mol. The van der Waals surface area contributed by atoms with Crippen LogP contribution in [0.25, 0.3) is 0 Å². The minimum Gasteiger partial charge on any atom is -0.257 e. The van der Waals surface area contributed by atoms with Gasteiger partial charge in [-0.3, -0.25) is 4.72 Å². The second-order valence-corrected chi connectivity index (χ2v) is 7.12. The maximum atomic E-state index is 3.63. The van der Waals surface area contributed by atoms with Gasteiger partial charge in [-0.15, -0.1) is 0 Å². The van der Waals surface area contributed by atoms with Crippen LogP contribution in [0, 0.1) is 18.8 Å². The fourth-order valence-corrected chi connectivity index (χ4v) is 3.44. The van der Waals surface area contributed by atoms with Crippen LogP contribution in [-0.4, -0.2) is 6.04 Å². The molecule has 1 nitrogen and oxygen atoms in total. The summed E-state index contributed by atoms with van der Waals surface area (Å²) in [7, 11) is 0. The molecule has 110 valence electrons. The normalized spacial score (nSPS) is 26.6. The smallest absolute Gasteiger partial charge is 0.0228 e. The summed E-state index contributed by atoms with van der Waals surface area (Å²) < 4.78 is 3.63. The molecular weight excluding hydrogens is 262 g/mol. The van der Waals surface area contributed by atoms with Crippen molar-refractivity contribution in [3.8, 4) is 0 Å². The third-order valence-electron chi connectivity index (χ3n) is 4.26. The lowest BCUT2D eigenvalue weighted by molar-refractivity contribution is 0.350. The highest BCUT2D eigenvalue weighted by molar-refractivity contribution is 7.97. The number of hydrogen-bond donors (Lipinski definition) is 1. The van der Waals surface area contributed by atoms with Gasteiger partial charge in [0.2, 0.25) is 0 Å². The van der Waals surface area contributed by atoms with Crippen molar-refractivity contribution >= 4 is 11.9 Å². The van der Waals surface area contributed by atoms with E-state index in [2.05, 4.69) is 61.9 Å². The Bertz CT molecular complexity index is 424. The van der Waals surface area contributed by atoms with Crippen LogP contribution in [0.2, 0.25) is 0 Å². The van der Waals surface area contributed by atoms with Crippen LogP contribution in [0.3, 0.4) is 0 Å². The maximum Gasteiger partial charge on any atom is 0.0228 e. The zero-order valence-corrected chi connectivity index (χ0v) is 13.7. The van der Waals surface area contributed by atoms with Crippen LogP contribution in [0.4, 0.5) is 0 Å².